The van der Waals surface area contributed by atoms with Gasteiger partial charge in [0.25, 0.3) is 0 Å². The normalized spacial score (nSPS) is 23.2. The molecule has 2 N–H and O–H groups in total. The van der Waals surface area contributed by atoms with Crippen LogP contribution < -0.4 is 10.9 Å². The fourth-order valence-corrected chi connectivity index (χ4v) is 4.48. The molecule has 0 radical (unpaired) electrons. The Kier molecular flexibility index (Phi) is 6.02. The van der Waals surface area contributed by atoms with Gasteiger partial charge in [-0.05, 0) is 30.9 Å². The first-order chi connectivity index (χ1) is 13.8. The van der Waals surface area contributed by atoms with Crippen molar-refractivity contribution in [2.45, 2.75) is 51.1 Å². The smallest absolute Gasteiger partial charge is 0.228 e. The van der Waals surface area contributed by atoms with E-state index in [4.69, 9.17) is 0 Å². The molecule has 0 saturated carbocycles. The van der Waals surface area contributed by atoms with Crippen LogP contribution >= 0.6 is 0 Å². The Morgan fingerprint density at radius 1 is 1.29 bits per heavy atom. The lowest BCUT2D eigenvalue weighted by molar-refractivity contribution is -0.136. The van der Waals surface area contributed by atoms with E-state index in [2.05, 4.69) is 43.3 Å². The summed E-state index contributed by atoms with van der Waals surface area (Å²) in [7, 11) is 0. The average molecular weight is 383 g/mol. The van der Waals surface area contributed by atoms with Crippen LogP contribution in [0.5, 0.6) is 0 Å². The van der Waals surface area contributed by atoms with Crippen LogP contribution in [-0.4, -0.2) is 51.0 Å². The van der Waals surface area contributed by atoms with Crippen molar-refractivity contribution >= 4 is 5.91 Å². The molecule has 150 valence electrons. The largest absolute Gasteiger partial charge is 0.342 e. The van der Waals surface area contributed by atoms with Gasteiger partial charge < -0.3 is 9.47 Å². The van der Waals surface area contributed by atoms with Crippen molar-refractivity contribution in [2.24, 2.45) is 5.92 Å². The fourth-order valence-electron chi connectivity index (χ4n) is 4.48. The minimum Gasteiger partial charge on any atom is -0.342 e. The summed E-state index contributed by atoms with van der Waals surface area (Å²) >= 11 is 0. The molecule has 7 nitrogen and oxygen atoms in total. The van der Waals surface area contributed by atoms with Gasteiger partial charge in [0.1, 0.15) is 5.82 Å². The molecule has 2 saturated heterocycles. The zero-order valence-electron chi connectivity index (χ0n) is 16.6. The van der Waals surface area contributed by atoms with Crippen molar-refractivity contribution in [3.8, 4) is 0 Å². The van der Waals surface area contributed by atoms with Crippen molar-refractivity contribution in [2.75, 3.05) is 19.6 Å². The van der Waals surface area contributed by atoms with E-state index < -0.39 is 0 Å². The van der Waals surface area contributed by atoms with Gasteiger partial charge in [-0.2, -0.15) is 0 Å². The molecule has 2 aliphatic heterocycles. The summed E-state index contributed by atoms with van der Waals surface area (Å²) in [5.74, 6) is 1.89. The summed E-state index contributed by atoms with van der Waals surface area (Å²) in [5.41, 5.74) is 7.62. The van der Waals surface area contributed by atoms with E-state index in [0.29, 0.717) is 11.8 Å². The maximum atomic E-state index is 13.0. The second kappa shape index (κ2) is 8.84. The first kappa shape index (κ1) is 19.1. The molecule has 0 aliphatic carbocycles. The van der Waals surface area contributed by atoms with Crippen molar-refractivity contribution in [3.05, 3.63) is 48.3 Å². The molecular weight excluding hydrogens is 352 g/mol. The van der Waals surface area contributed by atoms with E-state index in [-0.39, 0.29) is 12.0 Å². The highest BCUT2D eigenvalue weighted by atomic mass is 16.2. The first-order valence-electron chi connectivity index (χ1n) is 10.4. The van der Waals surface area contributed by atoms with Crippen molar-refractivity contribution in [3.63, 3.8) is 0 Å². The zero-order valence-corrected chi connectivity index (χ0v) is 16.6. The Balaban J connectivity index is 1.36. The quantitative estimate of drug-likeness (QED) is 0.798. The minimum absolute atomic E-state index is 0.0593. The summed E-state index contributed by atoms with van der Waals surface area (Å²) in [5, 5.41) is 0. The number of hydrogen-bond donors (Lipinski definition) is 2. The molecule has 28 heavy (non-hydrogen) atoms. The third-order valence-corrected chi connectivity index (χ3v) is 6.01. The third kappa shape index (κ3) is 4.10. The molecule has 2 fully saturated rings. The number of likely N-dealkylation sites (tertiary alicyclic amines) is 1. The van der Waals surface area contributed by atoms with Gasteiger partial charge >= 0.3 is 0 Å². The number of rotatable bonds is 6. The van der Waals surface area contributed by atoms with Crippen LogP contribution in [0.4, 0.5) is 0 Å². The lowest BCUT2D eigenvalue weighted by Gasteiger charge is -2.34. The highest BCUT2D eigenvalue weighted by Gasteiger charge is 2.36. The van der Waals surface area contributed by atoms with Gasteiger partial charge in [-0.15, -0.1) is 0 Å². The summed E-state index contributed by atoms with van der Waals surface area (Å²) in [4.78, 5) is 23.9. The fraction of sp³-hybridized carbons (Fsp3) is 0.571. The Morgan fingerprint density at radius 2 is 2.14 bits per heavy atom. The molecule has 2 aromatic rings. The topological polar surface area (TPSA) is 75.1 Å². The molecule has 1 amide bonds. The molecule has 2 aromatic heterocycles. The number of amides is 1. The number of hydrazine groups is 1. The first-order valence-corrected chi connectivity index (χ1v) is 10.4. The van der Waals surface area contributed by atoms with Gasteiger partial charge in [0.2, 0.25) is 5.91 Å². The van der Waals surface area contributed by atoms with Gasteiger partial charge in [0.15, 0.2) is 0 Å². The number of nitrogens with one attached hydrogen (secondary N) is 2. The highest BCUT2D eigenvalue weighted by molar-refractivity contribution is 5.80. The van der Waals surface area contributed by atoms with E-state index >= 15 is 0 Å². The lowest BCUT2D eigenvalue weighted by atomic mass is 9.92. The summed E-state index contributed by atoms with van der Waals surface area (Å²) in [6.07, 6.45) is 11.7. The predicted octanol–water partition coefficient (Wildman–Crippen LogP) is 1.93. The van der Waals surface area contributed by atoms with Crippen LogP contribution in [-0.2, 0) is 11.3 Å². The van der Waals surface area contributed by atoms with Gasteiger partial charge in [0, 0.05) is 56.4 Å². The number of pyridine rings is 1. The lowest BCUT2D eigenvalue weighted by Crippen LogP contribution is -2.45. The van der Waals surface area contributed by atoms with E-state index in [1.165, 1.54) is 5.56 Å². The van der Waals surface area contributed by atoms with Crippen LogP contribution in [0.1, 0.15) is 49.9 Å². The minimum atomic E-state index is 0.0593. The number of carbonyl (C=O) groups is 1. The van der Waals surface area contributed by atoms with Crippen LogP contribution in [0.15, 0.2) is 36.9 Å². The summed E-state index contributed by atoms with van der Waals surface area (Å²) < 4.78 is 2.22. The number of aromatic nitrogens is 3. The van der Waals surface area contributed by atoms with E-state index in [9.17, 15) is 4.79 Å². The molecule has 0 spiro atoms. The van der Waals surface area contributed by atoms with Crippen molar-refractivity contribution in [1.82, 2.24) is 30.3 Å². The second-order valence-electron chi connectivity index (χ2n) is 7.90. The standard InChI is InChI=1S/C21H30N6O/c1-2-4-19-18(14-24-25-19)21(28)26-10-6-17(7-11-26)20-23-9-12-27(20)15-16-5-3-8-22-13-16/h3,5,8-9,12-13,17-19,24-25H,2,4,6-7,10-11,14-15H2,1H3. The number of imidazole rings is 1. The second-order valence-corrected chi connectivity index (χ2v) is 7.90. The van der Waals surface area contributed by atoms with Crippen LogP contribution in [0.25, 0.3) is 0 Å². The van der Waals surface area contributed by atoms with E-state index in [1.54, 1.807) is 6.20 Å². The number of hydrogen-bond acceptors (Lipinski definition) is 5. The number of carbonyl (C=O) groups excluding carboxylic acids is 1. The molecule has 2 atom stereocenters. The van der Waals surface area contributed by atoms with Crippen molar-refractivity contribution in [1.29, 1.82) is 0 Å². The molecule has 2 aliphatic rings. The summed E-state index contributed by atoms with van der Waals surface area (Å²) in [6, 6.07) is 4.32. The van der Waals surface area contributed by atoms with Gasteiger partial charge in [-0.3, -0.25) is 20.6 Å². The SMILES string of the molecule is CCCC1NNCC1C(=O)N1CCC(c2nccn2Cc2cccnc2)CC1. The van der Waals surface area contributed by atoms with E-state index in [1.807, 2.05) is 24.7 Å². The van der Waals surface area contributed by atoms with Gasteiger partial charge in [-0.25, -0.2) is 4.98 Å². The maximum Gasteiger partial charge on any atom is 0.228 e. The highest BCUT2D eigenvalue weighted by Crippen LogP contribution is 2.29. The summed E-state index contributed by atoms with van der Waals surface area (Å²) in [6.45, 7) is 5.33. The molecule has 2 unspecified atom stereocenters. The van der Waals surface area contributed by atoms with Crippen LogP contribution in [0.3, 0.4) is 0 Å². The Hall–Kier alpha value is -2.25. The molecule has 7 heteroatoms. The Labute approximate surface area is 166 Å². The molecule has 0 bridgehead atoms. The molecule has 0 aromatic carbocycles. The molecular formula is C21H30N6O. The monoisotopic (exact) mass is 382 g/mol. The van der Waals surface area contributed by atoms with Gasteiger partial charge in [0.05, 0.1) is 12.5 Å². The third-order valence-electron chi connectivity index (χ3n) is 6.01. The molecule has 4 rings (SSSR count). The maximum absolute atomic E-state index is 13.0. The number of piperidine rings is 1. The van der Waals surface area contributed by atoms with E-state index in [0.717, 1.165) is 57.7 Å². The molecule has 4 heterocycles. The number of nitrogens with zero attached hydrogens (tertiary/aromatic N) is 4. The van der Waals surface area contributed by atoms with Gasteiger partial charge in [-0.1, -0.05) is 19.4 Å². The predicted molar refractivity (Wildman–Crippen MR) is 107 cm³/mol. The van der Waals surface area contributed by atoms with Crippen LogP contribution in [0, 0.1) is 5.92 Å². The van der Waals surface area contributed by atoms with Crippen molar-refractivity contribution < 1.29 is 4.79 Å². The zero-order chi connectivity index (χ0) is 19.3. The average Bonchev–Trinajstić information content (AvgIpc) is 3.38. The Bertz CT molecular complexity index is 768. The van der Waals surface area contributed by atoms with Crippen LogP contribution in [0.2, 0.25) is 0 Å². The Morgan fingerprint density at radius 3 is 2.89 bits per heavy atom.